The highest BCUT2D eigenvalue weighted by Crippen LogP contribution is 2.22. The van der Waals surface area contributed by atoms with Gasteiger partial charge < -0.3 is 14.1 Å². The number of aryl methyl sites for hydroxylation is 1. The number of nitrogens with zero attached hydrogens (tertiary/aromatic N) is 2. The van der Waals surface area contributed by atoms with Crippen molar-refractivity contribution in [1.29, 1.82) is 0 Å². The zero-order chi connectivity index (χ0) is 16.2. The Kier molecular flexibility index (Phi) is 4.76. The van der Waals surface area contributed by atoms with Crippen molar-refractivity contribution >= 4 is 5.91 Å². The lowest BCUT2D eigenvalue weighted by atomic mass is 10.2. The fourth-order valence-corrected chi connectivity index (χ4v) is 2.77. The number of carbonyl (C=O) groups excluding carboxylic acids is 1. The zero-order valence-electron chi connectivity index (χ0n) is 13.6. The predicted octanol–water partition coefficient (Wildman–Crippen LogP) is 2.83. The minimum absolute atomic E-state index is 0.0384. The molecule has 1 aromatic carbocycles. The van der Waals surface area contributed by atoms with E-state index >= 15 is 0 Å². The summed E-state index contributed by atoms with van der Waals surface area (Å²) in [5.41, 5.74) is 1.62. The minimum atomic E-state index is 0.0384. The van der Waals surface area contributed by atoms with E-state index in [1.165, 1.54) is 0 Å². The monoisotopic (exact) mass is 314 g/mol. The van der Waals surface area contributed by atoms with E-state index in [9.17, 15) is 4.79 Å². The highest BCUT2D eigenvalue weighted by Gasteiger charge is 2.22. The Bertz CT molecular complexity index is 660. The highest BCUT2D eigenvalue weighted by molar-refractivity contribution is 5.78. The second-order valence-corrected chi connectivity index (χ2v) is 5.97. The van der Waals surface area contributed by atoms with Gasteiger partial charge in [0.15, 0.2) is 0 Å². The van der Waals surface area contributed by atoms with Gasteiger partial charge >= 0.3 is 0 Å². The fraction of sp³-hybridized carbons (Fsp3) is 0.444. The van der Waals surface area contributed by atoms with Crippen LogP contribution in [0.25, 0.3) is 11.5 Å². The largest absolute Gasteiger partial charge is 0.441 e. The number of aromatic nitrogens is 1. The fourth-order valence-electron chi connectivity index (χ4n) is 2.77. The first-order valence-corrected chi connectivity index (χ1v) is 8.01. The van der Waals surface area contributed by atoms with E-state index in [4.69, 9.17) is 9.15 Å². The van der Waals surface area contributed by atoms with Crippen LogP contribution in [0.1, 0.15) is 24.3 Å². The van der Waals surface area contributed by atoms with Crippen molar-refractivity contribution in [2.75, 3.05) is 20.2 Å². The number of rotatable bonds is 5. The average Bonchev–Trinajstić information content (AvgIpc) is 3.18. The first kappa shape index (κ1) is 15.7. The zero-order valence-corrected chi connectivity index (χ0v) is 13.6. The molecule has 23 heavy (non-hydrogen) atoms. The van der Waals surface area contributed by atoms with E-state index in [-0.39, 0.29) is 18.4 Å². The van der Waals surface area contributed by atoms with Gasteiger partial charge in [-0.2, -0.15) is 0 Å². The molecule has 0 saturated carbocycles. The molecule has 1 amide bonds. The second-order valence-electron chi connectivity index (χ2n) is 5.97. The number of oxazole rings is 1. The van der Waals surface area contributed by atoms with Crippen molar-refractivity contribution < 1.29 is 13.9 Å². The molecule has 1 atom stereocenters. The van der Waals surface area contributed by atoms with Crippen LogP contribution < -0.4 is 0 Å². The van der Waals surface area contributed by atoms with Crippen molar-refractivity contribution in [3.63, 3.8) is 0 Å². The lowest BCUT2D eigenvalue weighted by Crippen LogP contribution is -2.35. The molecule has 0 N–H and O–H groups in total. The molecular weight excluding hydrogens is 292 g/mol. The normalized spacial score (nSPS) is 17.4. The standard InChI is InChI=1S/C18H22N2O3/c1-13-16(19-18(23-13)14-7-4-3-5-8-14)11-17(21)20(2)12-15-9-6-10-22-15/h3-5,7-8,15H,6,9-12H2,1-2H3/t15-/m0/s1. The Morgan fingerprint density at radius 3 is 2.83 bits per heavy atom. The van der Waals surface area contributed by atoms with Crippen LogP contribution in [0.15, 0.2) is 34.7 Å². The smallest absolute Gasteiger partial charge is 0.228 e. The van der Waals surface area contributed by atoms with E-state index in [0.29, 0.717) is 23.9 Å². The van der Waals surface area contributed by atoms with Crippen LogP contribution in [-0.2, 0) is 16.0 Å². The molecule has 1 saturated heterocycles. The lowest BCUT2D eigenvalue weighted by Gasteiger charge is -2.20. The summed E-state index contributed by atoms with van der Waals surface area (Å²) >= 11 is 0. The molecule has 2 heterocycles. The van der Waals surface area contributed by atoms with Gasteiger partial charge in [0, 0.05) is 25.8 Å². The number of benzene rings is 1. The van der Waals surface area contributed by atoms with Gasteiger partial charge in [-0.1, -0.05) is 18.2 Å². The van der Waals surface area contributed by atoms with Gasteiger partial charge in [0.25, 0.3) is 0 Å². The van der Waals surface area contributed by atoms with Crippen LogP contribution in [0.3, 0.4) is 0 Å². The predicted molar refractivity (Wildman–Crippen MR) is 87.0 cm³/mol. The first-order valence-electron chi connectivity index (χ1n) is 8.01. The van der Waals surface area contributed by atoms with Crippen LogP contribution in [0.5, 0.6) is 0 Å². The SMILES string of the molecule is Cc1oc(-c2ccccc2)nc1CC(=O)N(C)C[C@@H]1CCCO1. The van der Waals surface area contributed by atoms with Crippen molar-refractivity contribution in [1.82, 2.24) is 9.88 Å². The van der Waals surface area contributed by atoms with Crippen LogP contribution in [-0.4, -0.2) is 42.1 Å². The molecule has 1 aliphatic rings. The molecule has 1 fully saturated rings. The summed E-state index contributed by atoms with van der Waals surface area (Å²) in [6.45, 7) is 3.29. The van der Waals surface area contributed by atoms with E-state index in [0.717, 1.165) is 25.0 Å². The third kappa shape index (κ3) is 3.79. The summed E-state index contributed by atoms with van der Waals surface area (Å²) in [7, 11) is 1.82. The first-order chi connectivity index (χ1) is 11.1. The van der Waals surface area contributed by atoms with Gasteiger partial charge in [-0.3, -0.25) is 4.79 Å². The average molecular weight is 314 g/mol. The number of hydrogen-bond donors (Lipinski definition) is 0. The van der Waals surface area contributed by atoms with Gasteiger partial charge in [-0.15, -0.1) is 0 Å². The third-order valence-corrected chi connectivity index (χ3v) is 4.16. The van der Waals surface area contributed by atoms with Gasteiger partial charge in [-0.25, -0.2) is 4.98 Å². The van der Waals surface area contributed by atoms with E-state index in [1.807, 2.05) is 44.3 Å². The second kappa shape index (κ2) is 6.96. The van der Waals surface area contributed by atoms with E-state index < -0.39 is 0 Å². The number of amides is 1. The molecule has 0 unspecified atom stereocenters. The Labute approximate surface area is 136 Å². The number of carbonyl (C=O) groups is 1. The maximum absolute atomic E-state index is 12.4. The Morgan fingerprint density at radius 1 is 1.35 bits per heavy atom. The van der Waals surface area contributed by atoms with Crippen LogP contribution in [0, 0.1) is 6.92 Å². The van der Waals surface area contributed by atoms with Gasteiger partial charge in [-0.05, 0) is 31.9 Å². The van der Waals surface area contributed by atoms with Crippen LogP contribution >= 0.6 is 0 Å². The van der Waals surface area contributed by atoms with Gasteiger partial charge in [0.2, 0.25) is 11.8 Å². The molecule has 0 radical (unpaired) electrons. The number of ether oxygens (including phenoxy) is 1. The molecule has 5 heteroatoms. The molecule has 0 spiro atoms. The van der Waals surface area contributed by atoms with E-state index in [1.54, 1.807) is 4.90 Å². The molecule has 0 bridgehead atoms. The quantitative estimate of drug-likeness (QED) is 0.851. The highest BCUT2D eigenvalue weighted by atomic mass is 16.5. The summed E-state index contributed by atoms with van der Waals surface area (Å²) in [5, 5.41) is 0. The van der Waals surface area contributed by atoms with E-state index in [2.05, 4.69) is 4.98 Å². The Morgan fingerprint density at radius 2 is 2.13 bits per heavy atom. The molecule has 1 aliphatic heterocycles. The third-order valence-electron chi connectivity index (χ3n) is 4.16. The minimum Gasteiger partial charge on any atom is -0.441 e. The molecule has 5 nitrogen and oxygen atoms in total. The summed E-state index contributed by atoms with van der Waals surface area (Å²) in [6.07, 6.45) is 2.53. The van der Waals surface area contributed by atoms with Gasteiger partial charge in [0.05, 0.1) is 18.2 Å². The number of likely N-dealkylation sites (N-methyl/N-ethyl adjacent to an activating group) is 1. The molecule has 0 aliphatic carbocycles. The summed E-state index contributed by atoms with van der Waals surface area (Å²) in [5.74, 6) is 1.30. The Hall–Kier alpha value is -2.14. The maximum Gasteiger partial charge on any atom is 0.228 e. The van der Waals surface area contributed by atoms with Gasteiger partial charge in [0.1, 0.15) is 5.76 Å². The Balaban J connectivity index is 1.65. The van der Waals surface area contributed by atoms with Crippen LogP contribution in [0.2, 0.25) is 0 Å². The maximum atomic E-state index is 12.4. The molecular formula is C18H22N2O3. The molecule has 3 rings (SSSR count). The molecule has 1 aromatic heterocycles. The topological polar surface area (TPSA) is 55.6 Å². The lowest BCUT2D eigenvalue weighted by molar-refractivity contribution is -0.130. The van der Waals surface area contributed by atoms with Crippen LogP contribution in [0.4, 0.5) is 0 Å². The summed E-state index contributed by atoms with van der Waals surface area (Å²) in [6, 6.07) is 9.72. The van der Waals surface area contributed by atoms with Crippen molar-refractivity contribution in [3.8, 4) is 11.5 Å². The van der Waals surface area contributed by atoms with Crippen molar-refractivity contribution in [3.05, 3.63) is 41.8 Å². The van der Waals surface area contributed by atoms with Crippen molar-refractivity contribution in [2.24, 2.45) is 0 Å². The summed E-state index contributed by atoms with van der Waals surface area (Å²) < 4.78 is 11.3. The molecule has 2 aromatic rings. The summed E-state index contributed by atoms with van der Waals surface area (Å²) in [4.78, 5) is 18.6. The van der Waals surface area contributed by atoms with Crippen molar-refractivity contribution in [2.45, 2.75) is 32.3 Å². The molecule has 122 valence electrons. The number of hydrogen-bond acceptors (Lipinski definition) is 4.